The lowest BCUT2D eigenvalue weighted by Gasteiger charge is -2.09. The summed E-state index contributed by atoms with van der Waals surface area (Å²) in [5.41, 5.74) is 3.48. The van der Waals surface area contributed by atoms with Crippen LogP contribution in [0.4, 0.5) is 5.69 Å². The highest BCUT2D eigenvalue weighted by atomic mass is 16.3. The van der Waals surface area contributed by atoms with Crippen LogP contribution < -0.4 is 5.32 Å². The SMILES string of the molecule is CC(C)Cc1ccc(CC(=O)Nc2cnccc2CO)cc1. The highest BCUT2D eigenvalue weighted by Gasteiger charge is 2.08. The number of pyridine rings is 1. The second-order valence-corrected chi connectivity index (χ2v) is 5.83. The van der Waals surface area contributed by atoms with Crippen LogP contribution in [0.5, 0.6) is 0 Å². The number of rotatable bonds is 6. The van der Waals surface area contributed by atoms with Crippen LogP contribution in [0.15, 0.2) is 42.7 Å². The molecule has 1 heterocycles. The molecule has 0 spiro atoms. The number of hydrogen-bond acceptors (Lipinski definition) is 3. The highest BCUT2D eigenvalue weighted by molar-refractivity contribution is 5.92. The summed E-state index contributed by atoms with van der Waals surface area (Å²) < 4.78 is 0. The van der Waals surface area contributed by atoms with Crippen LogP contribution >= 0.6 is 0 Å². The molecule has 2 aromatic rings. The van der Waals surface area contributed by atoms with Crippen molar-refractivity contribution >= 4 is 11.6 Å². The van der Waals surface area contributed by atoms with Gasteiger partial charge in [0.2, 0.25) is 5.91 Å². The van der Waals surface area contributed by atoms with E-state index in [0.29, 0.717) is 23.6 Å². The average Bonchev–Trinajstić information content (AvgIpc) is 2.49. The third kappa shape index (κ3) is 4.67. The Morgan fingerprint density at radius 3 is 2.50 bits per heavy atom. The Morgan fingerprint density at radius 1 is 1.18 bits per heavy atom. The van der Waals surface area contributed by atoms with Gasteiger partial charge in [-0.1, -0.05) is 38.1 Å². The number of nitrogens with zero attached hydrogens (tertiary/aromatic N) is 1. The van der Waals surface area contributed by atoms with Crippen molar-refractivity contribution in [3.05, 3.63) is 59.4 Å². The molecule has 0 fully saturated rings. The minimum Gasteiger partial charge on any atom is -0.392 e. The van der Waals surface area contributed by atoms with E-state index in [1.807, 2.05) is 12.1 Å². The van der Waals surface area contributed by atoms with Gasteiger partial charge in [-0.15, -0.1) is 0 Å². The molecule has 0 radical (unpaired) electrons. The number of carbonyl (C=O) groups excluding carboxylic acids is 1. The van der Waals surface area contributed by atoms with E-state index in [1.54, 1.807) is 18.5 Å². The molecule has 0 bridgehead atoms. The van der Waals surface area contributed by atoms with Gasteiger partial charge < -0.3 is 10.4 Å². The van der Waals surface area contributed by atoms with Crippen LogP contribution in [0, 0.1) is 5.92 Å². The third-order valence-electron chi connectivity index (χ3n) is 3.39. The summed E-state index contributed by atoms with van der Waals surface area (Å²) in [6.45, 7) is 4.25. The molecule has 4 nitrogen and oxygen atoms in total. The molecule has 0 unspecified atom stereocenters. The van der Waals surface area contributed by atoms with Crippen molar-refractivity contribution < 1.29 is 9.90 Å². The molecule has 0 saturated heterocycles. The molecule has 0 aliphatic carbocycles. The normalized spacial score (nSPS) is 10.7. The van der Waals surface area contributed by atoms with Gasteiger partial charge >= 0.3 is 0 Å². The van der Waals surface area contributed by atoms with E-state index in [2.05, 4.69) is 36.3 Å². The molecule has 0 saturated carbocycles. The lowest BCUT2D eigenvalue weighted by Crippen LogP contribution is -2.15. The lowest BCUT2D eigenvalue weighted by molar-refractivity contribution is -0.115. The van der Waals surface area contributed by atoms with Crippen molar-refractivity contribution in [1.82, 2.24) is 4.98 Å². The van der Waals surface area contributed by atoms with Crippen molar-refractivity contribution in [3.8, 4) is 0 Å². The van der Waals surface area contributed by atoms with E-state index < -0.39 is 0 Å². The highest BCUT2D eigenvalue weighted by Crippen LogP contribution is 2.14. The van der Waals surface area contributed by atoms with Crippen LogP contribution in [0.1, 0.15) is 30.5 Å². The van der Waals surface area contributed by atoms with Crippen LogP contribution in [0.3, 0.4) is 0 Å². The quantitative estimate of drug-likeness (QED) is 0.862. The summed E-state index contributed by atoms with van der Waals surface area (Å²) in [5.74, 6) is 0.510. The van der Waals surface area contributed by atoms with Crippen molar-refractivity contribution in [1.29, 1.82) is 0 Å². The number of benzene rings is 1. The molecular formula is C18H22N2O2. The zero-order chi connectivity index (χ0) is 15.9. The average molecular weight is 298 g/mol. The summed E-state index contributed by atoms with van der Waals surface area (Å²) in [6, 6.07) is 9.83. The molecule has 22 heavy (non-hydrogen) atoms. The maximum Gasteiger partial charge on any atom is 0.228 e. The Bertz CT molecular complexity index is 621. The Hall–Kier alpha value is -2.20. The molecular weight excluding hydrogens is 276 g/mol. The Balaban J connectivity index is 1.97. The van der Waals surface area contributed by atoms with Crippen molar-refractivity contribution in [2.24, 2.45) is 5.92 Å². The van der Waals surface area contributed by atoms with E-state index in [9.17, 15) is 9.90 Å². The summed E-state index contributed by atoms with van der Waals surface area (Å²) in [5, 5.41) is 12.0. The number of hydrogen-bond donors (Lipinski definition) is 2. The molecule has 0 aliphatic heterocycles. The van der Waals surface area contributed by atoms with Gasteiger partial charge in [0.05, 0.1) is 24.9 Å². The van der Waals surface area contributed by atoms with Crippen LogP contribution in [-0.2, 0) is 24.2 Å². The molecule has 1 aromatic heterocycles. The lowest BCUT2D eigenvalue weighted by atomic mass is 10.0. The Morgan fingerprint density at radius 2 is 1.86 bits per heavy atom. The van der Waals surface area contributed by atoms with Crippen LogP contribution in [0.2, 0.25) is 0 Å². The first kappa shape index (κ1) is 16.2. The molecule has 0 aliphatic rings. The molecule has 2 N–H and O–H groups in total. The fraction of sp³-hybridized carbons (Fsp3) is 0.333. The summed E-state index contributed by atoms with van der Waals surface area (Å²) >= 11 is 0. The predicted octanol–water partition coefficient (Wildman–Crippen LogP) is 2.95. The van der Waals surface area contributed by atoms with Crippen LogP contribution in [-0.4, -0.2) is 16.0 Å². The zero-order valence-corrected chi connectivity index (χ0v) is 13.0. The Labute approximate surface area is 131 Å². The minimum absolute atomic E-state index is 0.112. The van der Waals surface area contributed by atoms with Gasteiger partial charge in [-0.05, 0) is 29.5 Å². The number of amides is 1. The molecule has 2 rings (SSSR count). The standard InChI is InChI=1S/C18H22N2O2/c1-13(2)9-14-3-5-15(6-4-14)10-18(22)20-17-11-19-8-7-16(17)12-21/h3-8,11,13,21H,9-10,12H2,1-2H3,(H,20,22). The van der Waals surface area contributed by atoms with E-state index in [0.717, 1.165) is 12.0 Å². The van der Waals surface area contributed by atoms with Gasteiger partial charge in [-0.25, -0.2) is 0 Å². The third-order valence-corrected chi connectivity index (χ3v) is 3.39. The second kappa shape index (κ2) is 7.71. The van der Waals surface area contributed by atoms with E-state index in [1.165, 1.54) is 5.56 Å². The van der Waals surface area contributed by atoms with Crippen molar-refractivity contribution in [2.45, 2.75) is 33.3 Å². The smallest absolute Gasteiger partial charge is 0.228 e. The van der Waals surface area contributed by atoms with Crippen molar-refractivity contribution in [3.63, 3.8) is 0 Å². The first-order valence-corrected chi connectivity index (χ1v) is 7.50. The topological polar surface area (TPSA) is 62.2 Å². The van der Waals surface area contributed by atoms with Gasteiger partial charge in [0.1, 0.15) is 0 Å². The largest absolute Gasteiger partial charge is 0.392 e. The minimum atomic E-state index is -0.123. The van der Waals surface area contributed by atoms with Gasteiger partial charge in [-0.2, -0.15) is 0 Å². The Kier molecular flexibility index (Phi) is 5.67. The number of aromatic nitrogens is 1. The first-order valence-electron chi connectivity index (χ1n) is 7.50. The first-order chi connectivity index (χ1) is 10.6. The molecule has 4 heteroatoms. The fourth-order valence-electron chi connectivity index (χ4n) is 2.32. The van der Waals surface area contributed by atoms with Gasteiger partial charge in [0.15, 0.2) is 0 Å². The van der Waals surface area contributed by atoms with E-state index in [4.69, 9.17) is 0 Å². The van der Waals surface area contributed by atoms with E-state index in [-0.39, 0.29) is 12.5 Å². The van der Waals surface area contributed by atoms with E-state index >= 15 is 0 Å². The predicted molar refractivity (Wildman–Crippen MR) is 87.5 cm³/mol. The molecule has 1 amide bonds. The second-order valence-electron chi connectivity index (χ2n) is 5.83. The maximum absolute atomic E-state index is 12.1. The molecule has 1 aromatic carbocycles. The number of aliphatic hydroxyl groups is 1. The fourth-order valence-corrected chi connectivity index (χ4v) is 2.32. The monoisotopic (exact) mass is 298 g/mol. The summed E-state index contributed by atoms with van der Waals surface area (Å²) in [7, 11) is 0. The number of nitrogens with one attached hydrogen (secondary N) is 1. The van der Waals surface area contributed by atoms with Crippen molar-refractivity contribution in [2.75, 3.05) is 5.32 Å². The molecule has 116 valence electrons. The molecule has 0 atom stereocenters. The zero-order valence-electron chi connectivity index (χ0n) is 13.0. The summed E-state index contributed by atoms with van der Waals surface area (Å²) in [4.78, 5) is 16.1. The van der Waals surface area contributed by atoms with Gasteiger partial charge in [-0.3, -0.25) is 9.78 Å². The van der Waals surface area contributed by atoms with Gasteiger partial charge in [0.25, 0.3) is 0 Å². The summed E-state index contributed by atoms with van der Waals surface area (Å²) in [6.07, 6.45) is 4.49. The number of aliphatic hydroxyl groups excluding tert-OH is 1. The number of anilines is 1. The number of carbonyl (C=O) groups is 1. The van der Waals surface area contributed by atoms with Gasteiger partial charge in [0, 0.05) is 11.8 Å². The van der Waals surface area contributed by atoms with Crippen LogP contribution in [0.25, 0.3) is 0 Å². The maximum atomic E-state index is 12.1.